The van der Waals surface area contributed by atoms with Gasteiger partial charge >= 0.3 is 0 Å². The maximum absolute atomic E-state index is 10.5. The zero-order valence-corrected chi connectivity index (χ0v) is 23.9. The van der Waals surface area contributed by atoms with E-state index in [0.717, 1.165) is 25.7 Å². The molecule has 0 saturated carbocycles. The topological polar surface area (TPSA) is 99.4 Å². The number of hydrogen-bond donors (Lipinski definition) is 4. The number of rotatable bonds is 29. The van der Waals surface area contributed by atoms with Crippen LogP contribution in [0.2, 0.25) is 0 Å². The molecule has 0 rings (SSSR count). The summed E-state index contributed by atoms with van der Waals surface area (Å²) in [6, 6.07) is 0. The Morgan fingerprint density at radius 3 is 1.31 bits per heavy atom. The molecule has 0 heterocycles. The van der Waals surface area contributed by atoms with E-state index in [0.29, 0.717) is 13.2 Å². The van der Waals surface area contributed by atoms with Gasteiger partial charge in [0, 0.05) is 13.2 Å². The Kier molecular flexibility index (Phi) is 27.6. The minimum atomic E-state index is -1.46. The molecule has 0 unspecified atom stereocenters. The summed E-state index contributed by atoms with van der Waals surface area (Å²) in [7, 11) is 0. The van der Waals surface area contributed by atoms with Gasteiger partial charge in [-0.15, -0.1) is 0 Å². The highest BCUT2D eigenvalue weighted by Gasteiger charge is 2.31. The van der Waals surface area contributed by atoms with Crippen LogP contribution in [0.4, 0.5) is 0 Å². The van der Waals surface area contributed by atoms with E-state index >= 15 is 0 Å². The van der Waals surface area contributed by atoms with Crippen LogP contribution in [0, 0.1) is 0 Å². The Balaban J connectivity index is 4.01. The van der Waals surface area contributed by atoms with Crippen molar-refractivity contribution in [3.8, 4) is 0 Å². The molecule has 0 aromatic heterocycles. The van der Waals surface area contributed by atoms with E-state index in [4.69, 9.17) is 14.6 Å². The molecule has 6 nitrogen and oxygen atoms in total. The number of aliphatic hydroxyl groups excluding tert-OH is 4. The van der Waals surface area contributed by atoms with Gasteiger partial charge in [-0.3, -0.25) is 0 Å². The summed E-state index contributed by atoms with van der Waals surface area (Å²) in [5.74, 6) is 0. The molecule has 0 saturated heterocycles. The molecule has 4 atom stereocenters. The van der Waals surface area contributed by atoms with E-state index in [1.807, 2.05) is 0 Å². The van der Waals surface area contributed by atoms with Crippen molar-refractivity contribution in [1.82, 2.24) is 0 Å². The van der Waals surface area contributed by atoms with E-state index < -0.39 is 31.0 Å². The first kappa shape index (κ1) is 35.8. The number of ether oxygens (including phenoxy) is 2. The quantitative estimate of drug-likeness (QED) is 0.0867. The maximum Gasteiger partial charge on any atom is 0.111 e. The van der Waals surface area contributed by atoms with Crippen LogP contribution in [0.25, 0.3) is 0 Å². The van der Waals surface area contributed by atoms with Crippen LogP contribution >= 0.6 is 0 Å². The molecular formula is C30H62O6. The molecule has 0 aromatic rings. The van der Waals surface area contributed by atoms with Gasteiger partial charge in [0.15, 0.2) is 0 Å². The van der Waals surface area contributed by atoms with Gasteiger partial charge in [0.2, 0.25) is 0 Å². The molecule has 0 aliphatic heterocycles. The van der Waals surface area contributed by atoms with Crippen LogP contribution < -0.4 is 0 Å². The van der Waals surface area contributed by atoms with Crippen LogP contribution in [-0.2, 0) is 9.47 Å². The lowest BCUT2D eigenvalue weighted by molar-refractivity contribution is -0.147. The molecule has 0 amide bonds. The molecule has 6 heteroatoms. The molecular weight excluding hydrogens is 456 g/mol. The SMILES string of the molecule is CCCCCCCCCCCCOC[C@@H](OCCCCCCCCCCCC)[C@@H](O)[C@H](O)[C@H](O)CO. The van der Waals surface area contributed by atoms with Gasteiger partial charge in [-0.1, -0.05) is 129 Å². The molecule has 218 valence electrons. The standard InChI is InChI=1S/C30H62O6/c1-3-5-7-9-11-13-15-17-19-21-23-35-26-28(30(34)29(33)27(32)25-31)36-24-22-20-18-16-14-12-10-8-6-4-2/h27-34H,3-26H2,1-2H3/t27-,28-,29-,30-/m1/s1. The second-order valence-corrected chi connectivity index (χ2v) is 10.6. The number of aliphatic hydroxyl groups is 4. The Hall–Kier alpha value is -0.240. The first-order chi connectivity index (χ1) is 17.6. The molecule has 0 radical (unpaired) electrons. The summed E-state index contributed by atoms with van der Waals surface area (Å²) >= 11 is 0. The first-order valence-corrected chi connectivity index (χ1v) is 15.4. The fourth-order valence-electron chi connectivity index (χ4n) is 4.52. The fourth-order valence-corrected chi connectivity index (χ4v) is 4.52. The van der Waals surface area contributed by atoms with Crippen LogP contribution in [-0.4, -0.2) is 71.3 Å². The summed E-state index contributed by atoms with van der Waals surface area (Å²) in [5, 5.41) is 39.5. The first-order valence-electron chi connectivity index (χ1n) is 15.4. The Morgan fingerprint density at radius 2 is 0.889 bits per heavy atom. The summed E-state index contributed by atoms with van der Waals surface area (Å²) in [6.45, 7) is 5.14. The van der Waals surface area contributed by atoms with Crippen molar-refractivity contribution < 1.29 is 29.9 Å². The van der Waals surface area contributed by atoms with Crippen molar-refractivity contribution in [2.45, 2.75) is 167 Å². The lowest BCUT2D eigenvalue weighted by Gasteiger charge is -2.29. The maximum atomic E-state index is 10.5. The smallest absolute Gasteiger partial charge is 0.111 e. The summed E-state index contributed by atoms with van der Waals surface area (Å²) in [4.78, 5) is 0. The highest BCUT2D eigenvalue weighted by Crippen LogP contribution is 2.14. The predicted octanol–water partition coefficient (Wildman–Crippen LogP) is 6.31. The normalized spacial score (nSPS) is 15.2. The average Bonchev–Trinajstić information content (AvgIpc) is 2.89. The summed E-state index contributed by atoms with van der Waals surface area (Å²) in [6.07, 6.45) is 20.1. The molecule has 0 aliphatic carbocycles. The van der Waals surface area contributed by atoms with E-state index in [9.17, 15) is 15.3 Å². The highest BCUT2D eigenvalue weighted by molar-refractivity contribution is 4.81. The minimum absolute atomic E-state index is 0.172. The van der Waals surface area contributed by atoms with Gasteiger partial charge in [0.25, 0.3) is 0 Å². The Morgan fingerprint density at radius 1 is 0.500 bits per heavy atom. The van der Waals surface area contributed by atoms with E-state index in [1.54, 1.807) is 0 Å². The second kappa shape index (κ2) is 27.8. The highest BCUT2D eigenvalue weighted by atomic mass is 16.5. The average molecular weight is 519 g/mol. The molecule has 0 bridgehead atoms. The molecule has 0 aliphatic rings. The molecule has 4 N–H and O–H groups in total. The van der Waals surface area contributed by atoms with Crippen LogP contribution in [0.5, 0.6) is 0 Å². The number of hydrogen-bond acceptors (Lipinski definition) is 6. The van der Waals surface area contributed by atoms with Crippen molar-refractivity contribution in [3.05, 3.63) is 0 Å². The third-order valence-corrected chi connectivity index (χ3v) is 7.07. The molecule has 36 heavy (non-hydrogen) atoms. The van der Waals surface area contributed by atoms with Gasteiger partial charge < -0.3 is 29.9 Å². The van der Waals surface area contributed by atoms with Crippen molar-refractivity contribution >= 4 is 0 Å². The van der Waals surface area contributed by atoms with Crippen LogP contribution in [0.3, 0.4) is 0 Å². The van der Waals surface area contributed by atoms with Gasteiger partial charge in [-0.25, -0.2) is 0 Å². The van der Waals surface area contributed by atoms with Gasteiger partial charge in [0.1, 0.15) is 24.4 Å². The third-order valence-electron chi connectivity index (χ3n) is 7.07. The third kappa shape index (κ3) is 21.8. The zero-order valence-electron chi connectivity index (χ0n) is 23.9. The van der Waals surface area contributed by atoms with Crippen LogP contribution in [0.15, 0.2) is 0 Å². The minimum Gasteiger partial charge on any atom is -0.394 e. The number of unbranched alkanes of at least 4 members (excludes halogenated alkanes) is 18. The monoisotopic (exact) mass is 518 g/mol. The molecule has 0 fully saturated rings. The van der Waals surface area contributed by atoms with Crippen molar-refractivity contribution in [2.75, 3.05) is 26.4 Å². The van der Waals surface area contributed by atoms with Gasteiger partial charge in [-0.2, -0.15) is 0 Å². The van der Waals surface area contributed by atoms with E-state index in [2.05, 4.69) is 13.8 Å². The molecule has 0 aromatic carbocycles. The molecule has 0 spiro atoms. The van der Waals surface area contributed by atoms with E-state index in [-0.39, 0.29) is 6.61 Å². The largest absolute Gasteiger partial charge is 0.394 e. The summed E-state index contributed by atoms with van der Waals surface area (Å²) < 4.78 is 11.6. The van der Waals surface area contributed by atoms with Crippen LogP contribution in [0.1, 0.15) is 142 Å². The van der Waals surface area contributed by atoms with Crippen molar-refractivity contribution in [2.24, 2.45) is 0 Å². The zero-order chi connectivity index (χ0) is 26.7. The van der Waals surface area contributed by atoms with Crippen molar-refractivity contribution in [1.29, 1.82) is 0 Å². The van der Waals surface area contributed by atoms with Crippen molar-refractivity contribution in [3.63, 3.8) is 0 Å². The Bertz CT molecular complexity index is 422. The lowest BCUT2D eigenvalue weighted by atomic mass is 10.0. The Labute approximate surface area is 223 Å². The van der Waals surface area contributed by atoms with E-state index in [1.165, 1.54) is 103 Å². The fraction of sp³-hybridized carbons (Fsp3) is 1.00. The van der Waals surface area contributed by atoms with Gasteiger partial charge in [-0.05, 0) is 12.8 Å². The summed E-state index contributed by atoms with van der Waals surface area (Å²) in [5.41, 5.74) is 0. The second-order valence-electron chi connectivity index (χ2n) is 10.6. The lowest BCUT2D eigenvalue weighted by Crippen LogP contribution is -2.48. The predicted molar refractivity (Wildman–Crippen MR) is 149 cm³/mol. The van der Waals surface area contributed by atoms with Gasteiger partial charge in [0.05, 0.1) is 13.2 Å².